The molecular weight excluding hydrogens is 228 g/mol. The molecular formula is C14H24N2O2. The summed E-state index contributed by atoms with van der Waals surface area (Å²) in [5.41, 5.74) is 0. The molecule has 0 spiro atoms. The lowest BCUT2D eigenvalue weighted by atomic mass is 9.95. The van der Waals surface area contributed by atoms with E-state index in [0.717, 1.165) is 51.6 Å². The van der Waals surface area contributed by atoms with Gasteiger partial charge in [-0.05, 0) is 32.6 Å². The van der Waals surface area contributed by atoms with Crippen molar-refractivity contribution in [1.82, 2.24) is 9.80 Å². The molecule has 0 N–H and O–H groups in total. The van der Waals surface area contributed by atoms with Crippen molar-refractivity contribution in [3.63, 3.8) is 0 Å². The summed E-state index contributed by atoms with van der Waals surface area (Å²) in [6.07, 6.45) is 6.22. The normalized spacial score (nSPS) is 28.6. The minimum absolute atomic E-state index is 0.149. The van der Waals surface area contributed by atoms with E-state index in [1.54, 1.807) is 0 Å². The van der Waals surface area contributed by atoms with Crippen molar-refractivity contribution in [3.05, 3.63) is 0 Å². The minimum atomic E-state index is -0.260. The first-order valence-corrected chi connectivity index (χ1v) is 7.27. The van der Waals surface area contributed by atoms with Gasteiger partial charge in [0.1, 0.15) is 12.1 Å². The lowest BCUT2D eigenvalue weighted by molar-refractivity contribution is -0.162. The molecule has 2 fully saturated rings. The quantitative estimate of drug-likeness (QED) is 0.716. The molecule has 0 aromatic rings. The number of piperazine rings is 1. The van der Waals surface area contributed by atoms with Crippen LogP contribution in [-0.4, -0.2) is 46.8 Å². The second-order valence-corrected chi connectivity index (χ2v) is 5.46. The molecule has 2 saturated heterocycles. The standard InChI is InChI=1S/C14H24N2O2/c1-3-4-6-9-15-11(2)13(17)16-10-7-5-8-12(16)14(15)18/h11-12H,3-10H2,1-2H3. The van der Waals surface area contributed by atoms with E-state index in [1.807, 2.05) is 16.7 Å². The number of fused-ring (bicyclic) bond motifs is 1. The van der Waals surface area contributed by atoms with Gasteiger partial charge in [-0.15, -0.1) is 0 Å². The number of piperidine rings is 1. The van der Waals surface area contributed by atoms with E-state index in [9.17, 15) is 9.59 Å². The monoisotopic (exact) mass is 252 g/mol. The van der Waals surface area contributed by atoms with E-state index in [0.29, 0.717) is 0 Å². The number of amides is 2. The summed E-state index contributed by atoms with van der Waals surface area (Å²) < 4.78 is 0. The van der Waals surface area contributed by atoms with Gasteiger partial charge in [0.25, 0.3) is 0 Å². The van der Waals surface area contributed by atoms with Crippen LogP contribution in [0.1, 0.15) is 52.4 Å². The van der Waals surface area contributed by atoms with Gasteiger partial charge in [0.05, 0.1) is 0 Å². The van der Waals surface area contributed by atoms with Crippen LogP contribution in [0.4, 0.5) is 0 Å². The zero-order chi connectivity index (χ0) is 13.1. The van der Waals surface area contributed by atoms with Crippen LogP contribution in [0, 0.1) is 0 Å². The van der Waals surface area contributed by atoms with Gasteiger partial charge in [-0.2, -0.15) is 0 Å². The lowest BCUT2D eigenvalue weighted by Gasteiger charge is -2.46. The largest absolute Gasteiger partial charge is 0.329 e. The summed E-state index contributed by atoms with van der Waals surface area (Å²) in [5.74, 6) is 0.328. The molecule has 2 heterocycles. The fourth-order valence-corrected chi connectivity index (χ4v) is 3.04. The fraction of sp³-hybridized carbons (Fsp3) is 0.857. The second kappa shape index (κ2) is 5.72. The second-order valence-electron chi connectivity index (χ2n) is 5.46. The summed E-state index contributed by atoms with van der Waals surface area (Å²) in [4.78, 5) is 28.3. The first-order valence-electron chi connectivity index (χ1n) is 7.27. The van der Waals surface area contributed by atoms with Crippen molar-refractivity contribution in [3.8, 4) is 0 Å². The first kappa shape index (κ1) is 13.4. The summed E-state index contributed by atoms with van der Waals surface area (Å²) in [5, 5.41) is 0. The van der Waals surface area contributed by atoms with Crippen LogP contribution < -0.4 is 0 Å². The van der Waals surface area contributed by atoms with Gasteiger partial charge in [-0.1, -0.05) is 19.8 Å². The van der Waals surface area contributed by atoms with E-state index in [1.165, 1.54) is 0 Å². The molecule has 4 nitrogen and oxygen atoms in total. The Morgan fingerprint density at radius 3 is 2.67 bits per heavy atom. The van der Waals surface area contributed by atoms with Crippen LogP contribution in [0.15, 0.2) is 0 Å². The van der Waals surface area contributed by atoms with E-state index in [4.69, 9.17) is 0 Å². The maximum absolute atomic E-state index is 12.4. The van der Waals surface area contributed by atoms with Crippen LogP contribution in [0.5, 0.6) is 0 Å². The highest BCUT2D eigenvalue weighted by Gasteiger charge is 2.44. The maximum Gasteiger partial charge on any atom is 0.246 e. The van der Waals surface area contributed by atoms with E-state index >= 15 is 0 Å². The Morgan fingerprint density at radius 2 is 1.94 bits per heavy atom. The molecule has 18 heavy (non-hydrogen) atoms. The smallest absolute Gasteiger partial charge is 0.246 e. The van der Waals surface area contributed by atoms with Gasteiger partial charge < -0.3 is 9.80 Å². The zero-order valence-corrected chi connectivity index (χ0v) is 11.5. The van der Waals surface area contributed by atoms with Crippen molar-refractivity contribution < 1.29 is 9.59 Å². The number of rotatable bonds is 4. The molecule has 0 aromatic carbocycles. The summed E-state index contributed by atoms with van der Waals surface area (Å²) >= 11 is 0. The Bertz CT molecular complexity index is 330. The highest BCUT2D eigenvalue weighted by Crippen LogP contribution is 2.26. The summed E-state index contributed by atoms with van der Waals surface area (Å²) in [6, 6.07) is -0.423. The number of unbranched alkanes of at least 4 members (excludes halogenated alkanes) is 2. The molecule has 2 aliphatic rings. The van der Waals surface area contributed by atoms with Gasteiger partial charge in [-0.3, -0.25) is 9.59 Å². The number of carbonyl (C=O) groups is 2. The van der Waals surface area contributed by atoms with Gasteiger partial charge in [0.15, 0.2) is 0 Å². The highest BCUT2D eigenvalue weighted by molar-refractivity contribution is 5.96. The van der Waals surface area contributed by atoms with Crippen LogP contribution >= 0.6 is 0 Å². The van der Waals surface area contributed by atoms with Crippen LogP contribution in [-0.2, 0) is 9.59 Å². The molecule has 102 valence electrons. The van der Waals surface area contributed by atoms with Crippen molar-refractivity contribution >= 4 is 11.8 Å². The van der Waals surface area contributed by atoms with Gasteiger partial charge in [0.2, 0.25) is 11.8 Å². The molecule has 0 aromatic heterocycles. The minimum Gasteiger partial charge on any atom is -0.329 e. The zero-order valence-electron chi connectivity index (χ0n) is 11.5. The Morgan fingerprint density at radius 1 is 1.17 bits per heavy atom. The van der Waals surface area contributed by atoms with Crippen LogP contribution in [0.25, 0.3) is 0 Å². The predicted molar refractivity (Wildman–Crippen MR) is 70.1 cm³/mol. The molecule has 2 amide bonds. The van der Waals surface area contributed by atoms with E-state index < -0.39 is 0 Å². The summed E-state index contributed by atoms with van der Waals surface area (Å²) in [6.45, 7) is 5.53. The summed E-state index contributed by atoms with van der Waals surface area (Å²) in [7, 11) is 0. The van der Waals surface area contributed by atoms with Crippen LogP contribution in [0.3, 0.4) is 0 Å². The number of carbonyl (C=O) groups excluding carboxylic acids is 2. The Labute approximate surface area is 109 Å². The third-order valence-corrected chi connectivity index (χ3v) is 4.18. The van der Waals surface area contributed by atoms with E-state index in [-0.39, 0.29) is 23.9 Å². The maximum atomic E-state index is 12.4. The average molecular weight is 252 g/mol. The number of nitrogens with zero attached hydrogens (tertiary/aromatic N) is 2. The molecule has 0 bridgehead atoms. The van der Waals surface area contributed by atoms with Crippen molar-refractivity contribution in [2.75, 3.05) is 13.1 Å². The number of hydrogen-bond donors (Lipinski definition) is 0. The molecule has 0 radical (unpaired) electrons. The highest BCUT2D eigenvalue weighted by atomic mass is 16.2. The SMILES string of the molecule is CCCCCN1C(=O)C2CCCCN2C(=O)C1C. The number of hydrogen-bond acceptors (Lipinski definition) is 2. The molecule has 2 atom stereocenters. The average Bonchev–Trinajstić information content (AvgIpc) is 2.40. The van der Waals surface area contributed by atoms with Gasteiger partial charge in [-0.25, -0.2) is 0 Å². The lowest BCUT2D eigenvalue weighted by Crippen LogP contribution is -2.65. The third-order valence-electron chi connectivity index (χ3n) is 4.18. The molecule has 0 aliphatic carbocycles. The van der Waals surface area contributed by atoms with Crippen molar-refractivity contribution in [1.29, 1.82) is 0 Å². The predicted octanol–water partition coefficient (Wildman–Crippen LogP) is 1.79. The first-order chi connectivity index (χ1) is 8.66. The molecule has 4 heteroatoms. The topological polar surface area (TPSA) is 40.6 Å². The molecule has 2 unspecified atom stereocenters. The Balaban J connectivity index is 2.06. The Hall–Kier alpha value is -1.06. The molecule has 2 aliphatic heterocycles. The van der Waals surface area contributed by atoms with Gasteiger partial charge in [0, 0.05) is 13.1 Å². The van der Waals surface area contributed by atoms with Crippen LogP contribution in [0.2, 0.25) is 0 Å². The molecule has 2 rings (SSSR count). The van der Waals surface area contributed by atoms with Crippen molar-refractivity contribution in [2.24, 2.45) is 0 Å². The van der Waals surface area contributed by atoms with Crippen molar-refractivity contribution in [2.45, 2.75) is 64.5 Å². The molecule has 0 saturated carbocycles. The Kier molecular flexibility index (Phi) is 4.25. The van der Waals surface area contributed by atoms with Gasteiger partial charge >= 0.3 is 0 Å². The van der Waals surface area contributed by atoms with E-state index in [2.05, 4.69) is 6.92 Å². The third kappa shape index (κ3) is 2.38. The fourth-order valence-electron chi connectivity index (χ4n) is 3.04.